The van der Waals surface area contributed by atoms with Crippen LogP contribution in [0.25, 0.3) is 0 Å². The molecule has 0 bridgehead atoms. The van der Waals surface area contributed by atoms with Crippen LogP contribution in [0.3, 0.4) is 0 Å². The lowest BCUT2D eigenvalue weighted by Crippen LogP contribution is -2.48. The van der Waals surface area contributed by atoms with Crippen LogP contribution in [0, 0.1) is 0 Å². The number of carboxylic acid groups (broad SMARTS) is 1. The Balaban J connectivity index is 1.89. The van der Waals surface area contributed by atoms with Crippen molar-refractivity contribution in [2.45, 2.75) is 6.10 Å². The number of ether oxygens (including phenoxy) is 1. The lowest BCUT2D eigenvalue weighted by atomic mass is 10.2. The Bertz CT molecular complexity index is 671. The van der Waals surface area contributed by atoms with E-state index in [1.165, 1.54) is 16.2 Å². The number of anilines is 2. The second kappa shape index (κ2) is 5.45. The summed E-state index contributed by atoms with van der Waals surface area (Å²) in [6, 6.07) is 8.28. The molecule has 21 heavy (non-hydrogen) atoms. The molecule has 3 rings (SSSR count). The maximum absolute atomic E-state index is 12.4. The van der Waals surface area contributed by atoms with Gasteiger partial charge in [0.15, 0.2) is 0 Å². The number of thiophene rings is 1. The number of rotatable bonds is 2. The van der Waals surface area contributed by atoms with Gasteiger partial charge in [-0.15, -0.1) is 0 Å². The minimum absolute atomic E-state index is 0.0394. The number of hydrogen-bond donors (Lipinski definition) is 2. The summed E-state index contributed by atoms with van der Waals surface area (Å²) in [4.78, 5) is 24.9. The molecule has 1 aliphatic rings. The van der Waals surface area contributed by atoms with Crippen molar-refractivity contribution < 1.29 is 19.4 Å². The topological polar surface area (TPSA) is 78.9 Å². The molecule has 0 radical (unpaired) electrons. The number of hydrogen-bond acceptors (Lipinski definition) is 4. The van der Waals surface area contributed by atoms with E-state index in [0.717, 1.165) is 0 Å². The third-order valence-electron chi connectivity index (χ3n) is 3.07. The summed E-state index contributed by atoms with van der Waals surface area (Å²) in [6.07, 6.45) is -1.08. The first-order valence-electron chi connectivity index (χ1n) is 6.24. The summed E-state index contributed by atoms with van der Waals surface area (Å²) in [5, 5.41) is 15.5. The second-order valence-electron chi connectivity index (χ2n) is 4.47. The lowest BCUT2D eigenvalue weighted by Gasteiger charge is -2.32. The third kappa shape index (κ3) is 2.68. The van der Waals surface area contributed by atoms with Crippen LogP contribution in [-0.4, -0.2) is 29.8 Å². The molecule has 6 nitrogen and oxygen atoms in total. The van der Waals surface area contributed by atoms with Gasteiger partial charge in [-0.25, -0.2) is 9.59 Å². The van der Waals surface area contributed by atoms with Crippen molar-refractivity contribution in [1.29, 1.82) is 0 Å². The first kappa shape index (κ1) is 13.4. The van der Waals surface area contributed by atoms with E-state index >= 15 is 0 Å². The summed E-state index contributed by atoms with van der Waals surface area (Å²) in [5.41, 5.74) is 1.24. The molecule has 0 saturated carbocycles. The highest BCUT2D eigenvalue weighted by Gasteiger charge is 2.33. The van der Waals surface area contributed by atoms with E-state index in [1.807, 2.05) is 5.38 Å². The number of fused-ring (bicyclic) bond motifs is 1. The van der Waals surface area contributed by atoms with Crippen molar-refractivity contribution in [2.24, 2.45) is 0 Å². The van der Waals surface area contributed by atoms with Crippen LogP contribution in [0.2, 0.25) is 0 Å². The van der Waals surface area contributed by atoms with Gasteiger partial charge in [0, 0.05) is 5.38 Å². The molecule has 0 fully saturated rings. The van der Waals surface area contributed by atoms with Crippen molar-refractivity contribution in [3.63, 3.8) is 0 Å². The number of urea groups is 1. The quantitative estimate of drug-likeness (QED) is 0.894. The summed E-state index contributed by atoms with van der Waals surface area (Å²) < 4.78 is 5.39. The Kier molecular flexibility index (Phi) is 3.49. The van der Waals surface area contributed by atoms with Gasteiger partial charge in [0.1, 0.15) is 5.75 Å². The molecule has 1 atom stereocenters. The minimum atomic E-state index is -1.10. The Morgan fingerprint density at radius 1 is 1.33 bits per heavy atom. The lowest BCUT2D eigenvalue weighted by molar-refractivity contribution is -0.144. The zero-order valence-corrected chi connectivity index (χ0v) is 11.7. The molecule has 1 aliphatic heterocycles. The Morgan fingerprint density at radius 3 is 2.86 bits per heavy atom. The second-order valence-corrected chi connectivity index (χ2v) is 5.25. The summed E-state index contributed by atoms with van der Waals surface area (Å²) in [7, 11) is 0. The monoisotopic (exact) mass is 304 g/mol. The molecule has 2 aromatic rings. The van der Waals surface area contributed by atoms with E-state index in [9.17, 15) is 9.59 Å². The summed E-state index contributed by atoms with van der Waals surface area (Å²) in [6.45, 7) is -0.0394. The highest BCUT2D eigenvalue weighted by atomic mass is 32.1. The van der Waals surface area contributed by atoms with Gasteiger partial charge < -0.3 is 15.2 Å². The van der Waals surface area contributed by atoms with Gasteiger partial charge in [0.25, 0.3) is 0 Å². The van der Waals surface area contributed by atoms with Gasteiger partial charge in [-0.05, 0) is 23.6 Å². The average molecular weight is 304 g/mol. The largest absolute Gasteiger partial charge is 0.478 e. The van der Waals surface area contributed by atoms with Crippen molar-refractivity contribution in [1.82, 2.24) is 0 Å². The van der Waals surface area contributed by atoms with E-state index in [-0.39, 0.29) is 12.6 Å². The number of nitrogens with one attached hydrogen (secondary N) is 1. The Hall–Kier alpha value is -2.54. The van der Waals surface area contributed by atoms with Gasteiger partial charge in [0.2, 0.25) is 6.10 Å². The van der Waals surface area contributed by atoms with Crippen molar-refractivity contribution in [3.8, 4) is 5.75 Å². The van der Waals surface area contributed by atoms with Crippen LogP contribution in [-0.2, 0) is 4.79 Å². The van der Waals surface area contributed by atoms with E-state index in [1.54, 1.807) is 35.7 Å². The first-order chi connectivity index (χ1) is 10.1. The fourth-order valence-corrected chi connectivity index (χ4v) is 2.67. The molecule has 0 saturated heterocycles. The van der Waals surface area contributed by atoms with Crippen LogP contribution in [0.1, 0.15) is 0 Å². The smallest absolute Gasteiger partial charge is 0.346 e. The van der Waals surface area contributed by atoms with Crippen molar-refractivity contribution in [3.05, 3.63) is 41.1 Å². The number of nitrogens with zero attached hydrogens (tertiary/aromatic N) is 1. The molecule has 2 heterocycles. The fraction of sp³-hybridized carbons (Fsp3) is 0.143. The zero-order chi connectivity index (χ0) is 14.8. The molecule has 1 unspecified atom stereocenters. The predicted octanol–water partition coefficient (Wildman–Crippen LogP) is 2.63. The van der Waals surface area contributed by atoms with Crippen LogP contribution in [0.15, 0.2) is 41.1 Å². The van der Waals surface area contributed by atoms with Crippen LogP contribution < -0.4 is 15.0 Å². The number of carboxylic acids is 1. The standard InChI is InChI=1S/C14H12N2O4S/c17-13(18)12-7-16(10-3-1-2-4-11(10)20-12)14(19)15-9-5-6-21-8-9/h1-6,8,12H,7H2,(H,15,19)(H,17,18). The molecule has 2 N–H and O–H groups in total. The highest BCUT2D eigenvalue weighted by Crippen LogP contribution is 2.33. The number of benzene rings is 1. The molecular weight excluding hydrogens is 292 g/mol. The van der Waals surface area contributed by atoms with Crippen molar-refractivity contribution in [2.75, 3.05) is 16.8 Å². The zero-order valence-electron chi connectivity index (χ0n) is 10.9. The third-order valence-corrected chi connectivity index (χ3v) is 3.75. The minimum Gasteiger partial charge on any atom is -0.478 e. The van der Waals surface area contributed by atoms with Crippen LogP contribution >= 0.6 is 11.3 Å². The Morgan fingerprint density at radius 2 is 2.14 bits per heavy atom. The summed E-state index contributed by atoms with van der Waals surface area (Å²) >= 11 is 1.47. The SMILES string of the molecule is O=C(O)C1CN(C(=O)Nc2ccsc2)c2ccccc2O1. The molecule has 1 aromatic carbocycles. The van der Waals surface area contributed by atoms with E-state index in [0.29, 0.717) is 17.1 Å². The van der Waals surface area contributed by atoms with Gasteiger partial charge in [-0.2, -0.15) is 11.3 Å². The van der Waals surface area contributed by atoms with Crippen molar-refractivity contribution >= 4 is 34.7 Å². The number of carbonyl (C=O) groups excluding carboxylic acids is 1. The molecule has 7 heteroatoms. The van der Waals surface area contributed by atoms with Crippen LogP contribution in [0.4, 0.5) is 16.2 Å². The molecular formula is C14H12N2O4S. The number of para-hydroxylation sites is 2. The van der Waals surface area contributed by atoms with Gasteiger partial charge in [-0.1, -0.05) is 12.1 Å². The highest BCUT2D eigenvalue weighted by molar-refractivity contribution is 7.08. The molecule has 0 aliphatic carbocycles. The number of carbonyl (C=O) groups is 2. The number of aliphatic carboxylic acids is 1. The normalized spacial score (nSPS) is 16.8. The van der Waals surface area contributed by atoms with Gasteiger partial charge >= 0.3 is 12.0 Å². The molecule has 2 amide bonds. The average Bonchev–Trinajstić information content (AvgIpc) is 2.98. The maximum atomic E-state index is 12.4. The molecule has 108 valence electrons. The molecule has 0 spiro atoms. The summed E-state index contributed by atoms with van der Waals surface area (Å²) in [5.74, 6) is -0.713. The van der Waals surface area contributed by atoms with E-state index in [2.05, 4.69) is 5.32 Å². The van der Waals surface area contributed by atoms with Gasteiger partial charge in [-0.3, -0.25) is 4.90 Å². The first-order valence-corrected chi connectivity index (χ1v) is 7.18. The number of amides is 2. The van der Waals surface area contributed by atoms with Gasteiger partial charge in [0.05, 0.1) is 17.9 Å². The maximum Gasteiger partial charge on any atom is 0.346 e. The predicted molar refractivity (Wildman–Crippen MR) is 79.2 cm³/mol. The van der Waals surface area contributed by atoms with E-state index in [4.69, 9.17) is 9.84 Å². The van der Waals surface area contributed by atoms with E-state index < -0.39 is 12.1 Å². The van der Waals surface area contributed by atoms with Crippen LogP contribution in [0.5, 0.6) is 5.75 Å². The Labute approximate surface area is 124 Å². The molecule has 1 aromatic heterocycles. The fourth-order valence-electron chi connectivity index (χ4n) is 2.08.